The first kappa shape index (κ1) is 28.2. The number of nitrogens with one attached hydrogen (secondary N) is 1. The van der Waals surface area contributed by atoms with Gasteiger partial charge in [-0.2, -0.15) is 9.30 Å². The van der Waals surface area contributed by atoms with Crippen LogP contribution < -0.4 is 24.4 Å². The Morgan fingerprint density at radius 3 is 2.51 bits per heavy atom. The summed E-state index contributed by atoms with van der Waals surface area (Å²) in [5.74, 6) is -0.749. The number of hydrogen-bond acceptors (Lipinski definition) is 7. The molecule has 1 unspecified atom stereocenters. The Labute approximate surface area is 232 Å². The van der Waals surface area contributed by atoms with Gasteiger partial charge in [-0.15, -0.1) is 0 Å². The molecule has 0 radical (unpaired) electrons. The lowest BCUT2D eigenvalue weighted by atomic mass is 10.0. The zero-order chi connectivity index (χ0) is 28.2. The fourth-order valence-electron chi connectivity index (χ4n) is 4.57. The predicted molar refractivity (Wildman–Crippen MR) is 150 cm³/mol. The van der Waals surface area contributed by atoms with Gasteiger partial charge >= 0.3 is 0 Å². The molecule has 0 bridgehead atoms. The van der Waals surface area contributed by atoms with E-state index in [1.165, 1.54) is 21.0 Å². The van der Waals surface area contributed by atoms with Crippen LogP contribution in [0.25, 0.3) is 0 Å². The first-order valence-electron chi connectivity index (χ1n) is 12.5. The number of hydrogen-bond donors (Lipinski definition) is 1. The highest BCUT2D eigenvalue weighted by molar-refractivity contribution is 6.30. The minimum Gasteiger partial charge on any atom is -0.497 e. The van der Waals surface area contributed by atoms with Crippen molar-refractivity contribution in [1.29, 1.82) is 0 Å². The average Bonchev–Trinajstić information content (AvgIpc) is 3.31. The monoisotopic (exact) mass is 555 g/mol. The molecule has 39 heavy (non-hydrogen) atoms. The zero-order valence-electron chi connectivity index (χ0n) is 22.3. The molecule has 0 aromatic heterocycles. The van der Waals surface area contributed by atoms with Crippen molar-refractivity contribution in [3.05, 3.63) is 81.2 Å². The lowest BCUT2D eigenvalue weighted by molar-refractivity contribution is -0.119. The van der Waals surface area contributed by atoms with E-state index < -0.39 is 11.9 Å². The third-order valence-corrected chi connectivity index (χ3v) is 6.51. The number of carbonyl (C=O) groups is 1. The number of rotatable bonds is 11. The number of nitrogens with zero attached hydrogens (tertiary/aromatic N) is 2. The number of amides is 1. The van der Waals surface area contributed by atoms with Crippen molar-refractivity contribution in [3.8, 4) is 17.2 Å². The summed E-state index contributed by atoms with van der Waals surface area (Å²) < 4.78 is 30.8. The number of ether oxygens (including phenoxy) is 3. The van der Waals surface area contributed by atoms with E-state index in [1.54, 1.807) is 59.5 Å². The van der Waals surface area contributed by atoms with E-state index >= 15 is 0 Å². The van der Waals surface area contributed by atoms with Gasteiger partial charge in [-0.3, -0.25) is 4.79 Å². The van der Waals surface area contributed by atoms with Crippen LogP contribution in [0.1, 0.15) is 36.6 Å². The van der Waals surface area contributed by atoms with Crippen molar-refractivity contribution in [1.82, 2.24) is 0 Å². The van der Waals surface area contributed by atoms with Crippen LogP contribution in [-0.4, -0.2) is 38.6 Å². The highest BCUT2D eigenvalue weighted by atomic mass is 35.5. The molecule has 0 saturated heterocycles. The van der Waals surface area contributed by atoms with Gasteiger partial charge in [0.25, 0.3) is 5.91 Å². The van der Waals surface area contributed by atoms with Gasteiger partial charge in [0.1, 0.15) is 36.4 Å². The predicted octanol–water partition coefficient (Wildman–Crippen LogP) is 6.63. The number of anilines is 2. The van der Waals surface area contributed by atoms with Crippen LogP contribution in [0.15, 0.2) is 59.8 Å². The Morgan fingerprint density at radius 1 is 1.13 bits per heavy atom. The molecule has 3 aromatic rings. The van der Waals surface area contributed by atoms with E-state index in [1.807, 2.05) is 6.92 Å². The van der Waals surface area contributed by atoms with Gasteiger partial charge in [0.05, 0.1) is 12.8 Å². The van der Waals surface area contributed by atoms with Gasteiger partial charge in [0.2, 0.25) is 5.85 Å². The molecule has 0 saturated carbocycles. The van der Waals surface area contributed by atoms with Crippen LogP contribution in [0.5, 0.6) is 17.2 Å². The van der Waals surface area contributed by atoms with Crippen molar-refractivity contribution >= 4 is 28.9 Å². The molecule has 0 spiro atoms. The largest absolute Gasteiger partial charge is 0.497 e. The van der Waals surface area contributed by atoms with Crippen LogP contribution >= 0.6 is 11.6 Å². The number of methoxy groups -OCH3 is 1. The molecule has 4 rings (SSSR count). The van der Waals surface area contributed by atoms with Crippen LogP contribution in [-0.2, 0) is 11.2 Å². The van der Waals surface area contributed by atoms with Gasteiger partial charge in [-0.05, 0) is 48.2 Å². The van der Waals surface area contributed by atoms with E-state index in [0.717, 1.165) is 11.1 Å². The smallest absolute Gasteiger partial charge is 0.254 e. The van der Waals surface area contributed by atoms with Crippen LogP contribution in [0.4, 0.5) is 15.8 Å². The number of alkyl halides is 1. The summed E-state index contributed by atoms with van der Waals surface area (Å²) in [6.07, 6.45) is 0.668. The van der Waals surface area contributed by atoms with Gasteiger partial charge in [0, 0.05) is 55.4 Å². The summed E-state index contributed by atoms with van der Waals surface area (Å²) in [7, 11) is 1.53. The minimum atomic E-state index is -1.87. The van der Waals surface area contributed by atoms with Crippen LogP contribution in [0.3, 0.4) is 0 Å². The molecule has 206 valence electrons. The third kappa shape index (κ3) is 6.97. The molecule has 3 aromatic carbocycles. The number of benzene rings is 3. The maximum absolute atomic E-state index is 14.3. The van der Waals surface area contributed by atoms with E-state index in [2.05, 4.69) is 10.5 Å². The fraction of sp³-hybridized carbons (Fsp3) is 0.345. The Balaban J connectivity index is 1.70. The van der Waals surface area contributed by atoms with E-state index in [0.29, 0.717) is 52.2 Å². The van der Waals surface area contributed by atoms with E-state index in [9.17, 15) is 14.1 Å². The molecular formula is C29H31ClFN3O5. The normalized spacial score (nSPS) is 13.4. The average molecular weight is 556 g/mol. The molecule has 0 fully saturated rings. The third-order valence-electron chi connectivity index (χ3n) is 6.25. The Kier molecular flexibility index (Phi) is 8.60. The van der Waals surface area contributed by atoms with Crippen molar-refractivity contribution in [3.63, 3.8) is 0 Å². The molecule has 1 N–H and O–H groups in total. The lowest BCUT2D eigenvalue weighted by Crippen LogP contribution is -2.37. The summed E-state index contributed by atoms with van der Waals surface area (Å²) in [6.45, 7) is 5.18. The molecule has 8 nitrogen and oxygen atoms in total. The molecule has 10 heteroatoms. The van der Waals surface area contributed by atoms with Crippen molar-refractivity contribution in [2.45, 2.75) is 39.1 Å². The molecule has 1 heterocycles. The van der Waals surface area contributed by atoms with Crippen molar-refractivity contribution in [2.75, 3.05) is 37.0 Å². The number of nitroso groups, excluding NO2 is 1. The maximum Gasteiger partial charge on any atom is 0.254 e. The highest BCUT2D eigenvalue weighted by Gasteiger charge is 2.33. The Bertz CT molecular complexity index is 1340. The number of aryl methyl sites for hydroxylation is 1. The fourth-order valence-corrected chi connectivity index (χ4v) is 4.69. The molecular weight excluding hydrogens is 525 g/mol. The maximum atomic E-state index is 14.3. The van der Waals surface area contributed by atoms with Crippen LogP contribution in [0.2, 0.25) is 5.02 Å². The van der Waals surface area contributed by atoms with Crippen LogP contribution in [0, 0.1) is 11.8 Å². The zero-order valence-corrected chi connectivity index (χ0v) is 23.0. The number of fused-ring (bicyclic) bond motifs is 1. The molecule has 1 amide bonds. The van der Waals surface area contributed by atoms with E-state index in [4.69, 9.17) is 25.8 Å². The van der Waals surface area contributed by atoms with E-state index in [-0.39, 0.29) is 19.1 Å². The topological polar surface area (TPSA) is 89.5 Å². The first-order valence-corrected chi connectivity index (χ1v) is 12.9. The molecule has 1 atom stereocenters. The summed E-state index contributed by atoms with van der Waals surface area (Å²) in [5.41, 5.74) is 3.91. The standard InChI is InChI=1S/C29H31ClFN3O5/c1-18-13-24(39-29(2,3)31)17-26-25(18)9-11-34(26)28(35)27(19-5-7-20(30)8-6-19)33-21-14-22(37-4)16-23(15-21)38-12-10-32-36/h5-8,13-17,27,33H,9-12H2,1-4H3. The molecule has 1 aliphatic rings. The second kappa shape index (κ2) is 11.9. The lowest BCUT2D eigenvalue weighted by Gasteiger charge is -2.27. The van der Waals surface area contributed by atoms with Gasteiger partial charge in [0.15, 0.2) is 0 Å². The molecule has 1 aliphatic heterocycles. The van der Waals surface area contributed by atoms with Gasteiger partial charge < -0.3 is 24.4 Å². The van der Waals surface area contributed by atoms with Crippen molar-refractivity contribution < 1.29 is 23.4 Å². The first-order chi connectivity index (χ1) is 18.6. The summed E-state index contributed by atoms with van der Waals surface area (Å²) >= 11 is 6.14. The minimum absolute atomic E-state index is 0.00490. The second-order valence-electron chi connectivity index (χ2n) is 9.67. The SMILES string of the molecule is COc1cc(NC(C(=O)N2CCc3c(C)cc(OC(C)(C)F)cc32)c2ccc(Cl)cc2)cc(OCCN=O)c1. The summed E-state index contributed by atoms with van der Waals surface area (Å²) in [6, 6.07) is 14.9. The Morgan fingerprint density at radius 2 is 1.85 bits per heavy atom. The van der Waals surface area contributed by atoms with Gasteiger partial charge in [-0.25, -0.2) is 0 Å². The summed E-state index contributed by atoms with van der Waals surface area (Å²) in [4.78, 5) is 26.3. The quantitative estimate of drug-likeness (QED) is 0.211. The van der Waals surface area contributed by atoms with Crippen molar-refractivity contribution in [2.24, 2.45) is 5.18 Å². The highest BCUT2D eigenvalue weighted by Crippen LogP contribution is 2.38. The Hall–Kier alpha value is -3.85. The summed E-state index contributed by atoms with van der Waals surface area (Å²) in [5, 5.41) is 6.69. The van der Waals surface area contributed by atoms with Gasteiger partial charge in [-0.1, -0.05) is 28.9 Å². The molecule has 0 aliphatic carbocycles. The second-order valence-corrected chi connectivity index (χ2v) is 10.1. The number of halogens is 2. The number of carbonyl (C=O) groups excluding carboxylic acids is 1.